The van der Waals surface area contributed by atoms with Crippen molar-refractivity contribution >= 4 is 55.9 Å². The predicted octanol–water partition coefficient (Wildman–Crippen LogP) is 4.61. The highest BCUT2D eigenvalue weighted by Crippen LogP contribution is 2.27. The molecule has 0 fully saturated rings. The molecular formula is C20H21N3O2S2. The van der Waals surface area contributed by atoms with E-state index in [9.17, 15) is 9.59 Å². The third-order valence-corrected chi connectivity index (χ3v) is 6.02. The molecule has 3 aromatic rings. The standard InChI is InChI=1S/C20H21N3O2S2/c1-12-4-7-15(8-5-12)21-18(24)11-26-14(3)19(25)23-20-22-16-9-6-13(2)10-17(16)27-20/h4-10,14H,11H2,1-3H3,(H,21,24)(H,22,23,25). The first-order valence-electron chi connectivity index (χ1n) is 8.57. The lowest BCUT2D eigenvalue weighted by molar-refractivity contribution is -0.115. The molecule has 0 saturated heterocycles. The van der Waals surface area contributed by atoms with Crippen LogP contribution < -0.4 is 10.6 Å². The topological polar surface area (TPSA) is 71.1 Å². The first-order chi connectivity index (χ1) is 12.9. The van der Waals surface area contributed by atoms with Crippen LogP contribution in [0.15, 0.2) is 42.5 Å². The maximum absolute atomic E-state index is 12.4. The van der Waals surface area contributed by atoms with E-state index in [1.54, 1.807) is 6.92 Å². The second kappa shape index (κ2) is 8.54. The Morgan fingerprint density at radius 3 is 2.52 bits per heavy atom. The van der Waals surface area contributed by atoms with Crippen molar-refractivity contribution in [3.05, 3.63) is 53.6 Å². The molecule has 0 radical (unpaired) electrons. The van der Waals surface area contributed by atoms with Gasteiger partial charge >= 0.3 is 0 Å². The Morgan fingerprint density at radius 2 is 1.78 bits per heavy atom. The molecule has 2 aromatic carbocycles. The van der Waals surface area contributed by atoms with Crippen LogP contribution in [0.3, 0.4) is 0 Å². The largest absolute Gasteiger partial charge is 0.325 e. The minimum Gasteiger partial charge on any atom is -0.325 e. The zero-order valence-corrected chi connectivity index (χ0v) is 17.0. The molecule has 27 heavy (non-hydrogen) atoms. The van der Waals surface area contributed by atoms with Crippen LogP contribution in [0.1, 0.15) is 18.1 Å². The minimum absolute atomic E-state index is 0.126. The van der Waals surface area contributed by atoms with Gasteiger partial charge in [-0.25, -0.2) is 4.98 Å². The van der Waals surface area contributed by atoms with Crippen molar-refractivity contribution in [1.82, 2.24) is 4.98 Å². The summed E-state index contributed by atoms with van der Waals surface area (Å²) >= 11 is 2.75. The maximum Gasteiger partial charge on any atom is 0.239 e. The highest BCUT2D eigenvalue weighted by atomic mass is 32.2. The van der Waals surface area contributed by atoms with Gasteiger partial charge in [0.25, 0.3) is 0 Å². The SMILES string of the molecule is Cc1ccc(NC(=O)CSC(C)C(=O)Nc2nc3ccc(C)cc3s2)cc1. The molecule has 1 atom stereocenters. The molecule has 140 valence electrons. The summed E-state index contributed by atoms with van der Waals surface area (Å²) in [5.74, 6) is -0.0699. The number of thioether (sulfide) groups is 1. The summed E-state index contributed by atoms with van der Waals surface area (Å²) < 4.78 is 1.04. The summed E-state index contributed by atoms with van der Waals surface area (Å²) in [6, 6.07) is 13.6. The number of carbonyl (C=O) groups excluding carboxylic acids is 2. The molecule has 1 aromatic heterocycles. The molecule has 1 unspecified atom stereocenters. The lowest BCUT2D eigenvalue weighted by Gasteiger charge is -2.10. The molecule has 1 heterocycles. The molecule has 2 amide bonds. The molecule has 0 aliphatic carbocycles. The van der Waals surface area contributed by atoms with Crippen molar-refractivity contribution in [3.8, 4) is 0 Å². The fourth-order valence-corrected chi connectivity index (χ4v) is 4.05. The summed E-state index contributed by atoms with van der Waals surface area (Å²) in [4.78, 5) is 28.9. The summed E-state index contributed by atoms with van der Waals surface area (Å²) in [5, 5.41) is 5.90. The third-order valence-electron chi connectivity index (χ3n) is 3.94. The molecule has 3 rings (SSSR count). The average molecular weight is 400 g/mol. The molecular weight excluding hydrogens is 378 g/mol. The van der Waals surface area contributed by atoms with Gasteiger partial charge in [0.2, 0.25) is 11.8 Å². The number of carbonyl (C=O) groups is 2. The lowest BCUT2D eigenvalue weighted by atomic mass is 10.2. The van der Waals surface area contributed by atoms with E-state index in [1.807, 2.05) is 50.2 Å². The Hall–Kier alpha value is -2.38. The average Bonchev–Trinajstić information content (AvgIpc) is 3.02. The van der Waals surface area contributed by atoms with Crippen LogP contribution >= 0.6 is 23.1 Å². The summed E-state index contributed by atoms with van der Waals surface area (Å²) in [6.45, 7) is 5.81. The van der Waals surface area contributed by atoms with Gasteiger partial charge in [0.1, 0.15) is 0 Å². The van der Waals surface area contributed by atoms with Crippen LogP contribution in [-0.4, -0.2) is 27.8 Å². The van der Waals surface area contributed by atoms with Gasteiger partial charge in [-0.1, -0.05) is 35.1 Å². The van der Waals surface area contributed by atoms with E-state index in [4.69, 9.17) is 0 Å². The van der Waals surface area contributed by atoms with Crippen LogP contribution in [0.5, 0.6) is 0 Å². The van der Waals surface area contributed by atoms with E-state index in [-0.39, 0.29) is 22.8 Å². The van der Waals surface area contributed by atoms with Crippen molar-refractivity contribution in [3.63, 3.8) is 0 Å². The number of rotatable bonds is 6. The number of benzene rings is 2. The second-order valence-corrected chi connectivity index (χ2v) is 8.71. The number of hydrogen-bond donors (Lipinski definition) is 2. The molecule has 7 heteroatoms. The number of aryl methyl sites for hydroxylation is 2. The zero-order chi connectivity index (χ0) is 19.4. The van der Waals surface area contributed by atoms with Gasteiger partial charge < -0.3 is 10.6 Å². The van der Waals surface area contributed by atoms with E-state index < -0.39 is 0 Å². The molecule has 0 spiro atoms. The van der Waals surface area contributed by atoms with Crippen molar-refractivity contribution in [2.24, 2.45) is 0 Å². The van der Waals surface area contributed by atoms with Gasteiger partial charge in [-0.05, 0) is 50.6 Å². The Labute approximate surface area is 166 Å². The first-order valence-corrected chi connectivity index (χ1v) is 10.4. The van der Waals surface area contributed by atoms with Gasteiger partial charge in [-0.2, -0.15) is 0 Å². The smallest absolute Gasteiger partial charge is 0.239 e. The van der Waals surface area contributed by atoms with Gasteiger partial charge in [-0.3, -0.25) is 9.59 Å². The molecule has 0 saturated carbocycles. The number of hydrogen-bond acceptors (Lipinski definition) is 5. The van der Waals surface area contributed by atoms with E-state index in [2.05, 4.69) is 21.7 Å². The van der Waals surface area contributed by atoms with Crippen LogP contribution in [0.25, 0.3) is 10.2 Å². The quantitative estimate of drug-likeness (QED) is 0.635. The van der Waals surface area contributed by atoms with Crippen LogP contribution in [-0.2, 0) is 9.59 Å². The second-order valence-electron chi connectivity index (χ2n) is 6.35. The molecule has 0 aliphatic rings. The monoisotopic (exact) mass is 399 g/mol. The Bertz CT molecular complexity index is 967. The lowest BCUT2D eigenvalue weighted by Crippen LogP contribution is -2.24. The first kappa shape index (κ1) is 19.4. The number of thiazole rings is 1. The van der Waals surface area contributed by atoms with Gasteiger partial charge in [-0.15, -0.1) is 11.8 Å². The molecule has 5 nitrogen and oxygen atoms in total. The molecule has 2 N–H and O–H groups in total. The van der Waals surface area contributed by atoms with Crippen LogP contribution in [0, 0.1) is 13.8 Å². The summed E-state index contributed by atoms with van der Waals surface area (Å²) in [7, 11) is 0. The van der Waals surface area contributed by atoms with Crippen LogP contribution in [0.2, 0.25) is 0 Å². The number of fused-ring (bicyclic) bond motifs is 1. The van der Waals surface area contributed by atoms with Crippen molar-refractivity contribution in [2.45, 2.75) is 26.0 Å². The maximum atomic E-state index is 12.4. The summed E-state index contributed by atoms with van der Waals surface area (Å²) in [5.41, 5.74) is 3.93. The normalized spacial score (nSPS) is 12.0. The fourth-order valence-electron chi connectivity index (χ4n) is 2.40. The number of nitrogens with zero attached hydrogens (tertiary/aromatic N) is 1. The van der Waals surface area contributed by atoms with Gasteiger partial charge in [0, 0.05) is 5.69 Å². The minimum atomic E-state index is -0.359. The Kier molecular flexibility index (Phi) is 6.13. The van der Waals surface area contributed by atoms with E-state index in [1.165, 1.54) is 23.1 Å². The number of anilines is 2. The highest BCUT2D eigenvalue weighted by molar-refractivity contribution is 8.01. The van der Waals surface area contributed by atoms with Gasteiger partial charge in [0.05, 0.1) is 21.2 Å². The molecule has 0 bridgehead atoms. The number of nitrogens with one attached hydrogen (secondary N) is 2. The summed E-state index contributed by atoms with van der Waals surface area (Å²) in [6.07, 6.45) is 0. The van der Waals surface area contributed by atoms with Crippen molar-refractivity contribution in [2.75, 3.05) is 16.4 Å². The van der Waals surface area contributed by atoms with Crippen molar-refractivity contribution < 1.29 is 9.59 Å². The number of aromatic nitrogens is 1. The Balaban J connectivity index is 1.50. The van der Waals surface area contributed by atoms with Crippen LogP contribution in [0.4, 0.5) is 10.8 Å². The Morgan fingerprint density at radius 1 is 1.07 bits per heavy atom. The van der Waals surface area contributed by atoms with Crippen molar-refractivity contribution in [1.29, 1.82) is 0 Å². The predicted molar refractivity (Wildman–Crippen MR) is 115 cm³/mol. The van der Waals surface area contributed by atoms with E-state index in [0.717, 1.165) is 27.0 Å². The van der Waals surface area contributed by atoms with Gasteiger partial charge in [0.15, 0.2) is 5.13 Å². The highest BCUT2D eigenvalue weighted by Gasteiger charge is 2.17. The zero-order valence-electron chi connectivity index (χ0n) is 15.4. The molecule has 0 aliphatic heterocycles. The third kappa shape index (κ3) is 5.30. The number of amides is 2. The van der Waals surface area contributed by atoms with E-state index in [0.29, 0.717) is 5.13 Å². The fraction of sp³-hybridized carbons (Fsp3) is 0.250. The van der Waals surface area contributed by atoms with E-state index >= 15 is 0 Å².